The summed E-state index contributed by atoms with van der Waals surface area (Å²) in [7, 11) is -3.62. The Balaban J connectivity index is 1.45. The summed E-state index contributed by atoms with van der Waals surface area (Å²) in [5, 5.41) is 10.1. The Hall–Kier alpha value is -2.31. The predicted octanol–water partition coefficient (Wildman–Crippen LogP) is 2.72. The van der Waals surface area contributed by atoms with Gasteiger partial charge < -0.3 is 9.15 Å². The highest BCUT2D eigenvalue weighted by Gasteiger charge is 2.26. The summed E-state index contributed by atoms with van der Waals surface area (Å²) < 4.78 is 37.8. The second-order valence-electron chi connectivity index (χ2n) is 6.01. The molecule has 3 heterocycles. The third-order valence-electron chi connectivity index (χ3n) is 4.15. The van der Waals surface area contributed by atoms with E-state index in [9.17, 15) is 13.2 Å². The lowest BCUT2D eigenvalue weighted by molar-refractivity contribution is 0.0730. The van der Waals surface area contributed by atoms with E-state index in [1.165, 1.54) is 39.9 Å². The molecular formula is C17H15ClN4O5S2. The molecule has 0 spiro atoms. The fraction of sp³-hybridized carbons (Fsp3) is 0.235. The average molecular weight is 455 g/mol. The fourth-order valence-electron chi connectivity index (χ4n) is 2.69. The molecule has 1 fully saturated rings. The standard InChI is InChI=1S/C17H15ClN4O5S2/c18-14-6-5-13(28-14)16-20-21-17(27-16)19-15(23)11-1-3-12(4-2-11)29(24,25)22-7-9-26-10-8-22/h1-6H,7-10H2,(H,19,21,23). The highest BCUT2D eigenvalue weighted by molar-refractivity contribution is 7.89. The van der Waals surface area contributed by atoms with Gasteiger partial charge >= 0.3 is 6.01 Å². The Morgan fingerprint density at radius 2 is 1.83 bits per heavy atom. The van der Waals surface area contributed by atoms with Crippen molar-refractivity contribution in [3.05, 3.63) is 46.3 Å². The minimum atomic E-state index is -3.62. The summed E-state index contributed by atoms with van der Waals surface area (Å²) >= 11 is 7.16. The molecule has 0 unspecified atom stereocenters. The van der Waals surface area contributed by atoms with Crippen molar-refractivity contribution in [3.8, 4) is 10.8 Å². The topological polar surface area (TPSA) is 115 Å². The summed E-state index contributed by atoms with van der Waals surface area (Å²) in [6.07, 6.45) is 0. The van der Waals surface area contributed by atoms with Crippen LogP contribution in [-0.4, -0.2) is 55.1 Å². The van der Waals surface area contributed by atoms with Crippen molar-refractivity contribution in [2.75, 3.05) is 31.6 Å². The third-order valence-corrected chi connectivity index (χ3v) is 7.29. The van der Waals surface area contributed by atoms with E-state index < -0.39 is 15.9 Å². The Morgan fingerprint density at radius 3 is 2.48 bits per heavy atom. The SMILES string of the molecule is O=C(Nc1nnc(-c2ccc(Cl)s2)o1)c1ccc(S(=O)(=O)N2CCOCC2)cc1. The molecule has 1 amide bonds. The van der Waals surface area contributed by atoms with Crippen LogP contribution in [-0.2, 0) is 14.8 Å². The molecule has 0 saturated carbocycles. The zero-order valence-electron chi connectivity index (χ0n) is 14.9. The molecular weight excluding hydrogens is 440 g/mol. The van der Waals surface area contributed by atoms with Crippen molar-refractivity contribution in [2.24, 2.45) is 0 Å². The van der Waals surface area contributed by atoms with Crippen LogP contribution in [0.1, 0.15) is 10.4 Å². The summed E-state index contributed by atoms with van der Waals surface area (Å²) in [5.41, 5.74) is 0.254. The number of ether oxygens (including phenoxy) is 1. The minimum absolute atomic E-state index is 0.0699. The van der Waals surface area contributed by atoms with Gasteiger partial charge in [-0.1, -0.05) is 16.7 Å². The highest BCUT2D eigenvalue weighted by atomic mass is 35.5. The van der Waals surface area contributed by atoms with Gasteiger partial charge in [0.05, 0.1) is 27.3 Å². The van der Waals surface area contributed by atoms with Gasteiger partial charge in [-0.05, 0) is 36.4 Å². The number of nitrogens with one attached hydrogen (secondary N) is 1. The van der Waals surface area contributed by atoms with Crippen LogP contribution in [0.2, 0.25) is 4.34 Å². The number of anilines is 1. The Bertz CT molecular complexity index is 1120. The lowest BCUT2D eigenvalue weighted by atomic mass is 10.2. The first-order valence-electron chi connectivity index (χ1n) is 8.52. The Morgan fingerprint density at radius 1 is 1.10 bits per heavy atom. The smallest absolute Gasteiger partial charge is 0.322 e. The number of halogens is 1. The largest absolute Gasteiger partial charge is 0.402 e. The van der Waals surface area contributed by atoms with Crippen molar-refractivity contribution < 1.29 is 22.4 Å². The molecule has 0 bridgehead atoms. The van der Waals surface area contributed by atoms with E-state index in [0.717, 1.165) is 0 Å². The summed E-state index contributed by atoms with van der Waals surface area (Å²) in [6, 6.07) is 9.02. The second kappa shape index (κ2) is 8.20. The molecule has 4 rings (SSSR count). The molecule has 152 valence electrons. The van der Waals surface area contributed by atoms with Crippen LogP contribution in [0, 0.1) is 0 Å². The van der Waals surface area contributed by atoms with Gasteiger partial charge in [-0.2, -0.15) is 4.31 Å². The zero-order valence-corrected chi connectivity index (χ0v) is 17.3. The van der Waals surface area contributed by atoms with Gasteiger partial charge in [0, 0.05) is 18.7 Å². The second-order valence-corrected chi connectivity index (χ2v) is 9.66. The number of thiophene rings is 1. The van der Waals surface area contributed by atoms with Crippen LogP contribution in [0.25, 0.3) is 10.8 Å². The predicted molar refractivity (Wildman–Crippen MR) is 107 cm³/mol. The van der Waals surface area contributed by atoms with Gasteiger partial charge in [-0.15, -0.1) is 16.4 Å². The van der Waals surface area contributed by atoms with Crippen LogP contribution in [0.15, 0.2) is 45.7 Å². The van der Waals surface area contributed by atoms with Crippen LogP contribution < -0.4 is 5.32 Å². The molecule has 0 atom stereocenters. The number of sulfonamides is 1. The van der Waals surface area contributed by atoms with Crippen LogP contribution in [0.4, 0.5) is 6.01 Å². The van der Waals surface area contributed by atoms with E-state index in [0.29, 0.717) is 35.5 Å². The molecule has 12 heteroatoms. The van der Waals surface area contributed by atoms with Gasteiger partial charge in [0.1, 0.15) is 0 Å². The Kier molecular flexibility index (Phi) is 5.65. The van der Waals surface area contributed by atoms with Crippen molar-refractivity contribution >= 4 is 44.9 Å². The van der Waals surface area contributed by atoms with Gasteiger partial charge in [-0.3, -0.25) is 10.1 Å². The van der Waals surface area contributed by atoms with Crippen LogP contribution in [0.5, 0.6) is 0 Å². The normalized spacial score (nSPS) is 15.3. The first kappa shape index (κ1) is 20.0. The molecule has 1 aliphatic heterocycles. The number of benzene rings is 1. The van der Waals surface area contributed by atoms with Crippen molar-refractivity contribution in [3.63, 3.8) is 0 Å². The van der Waals surface area contributed by atoms with Gasteiger partial charge in [0.25, 0.3) is 11.8 Å². The molecule has 2 aromatic heterocycles. The Labute approximate surface area is 175 Å². The van der Waals surface area contributed by atoms with Gasteiger partial charge in [0.2, 0.25) is 10.0 Å². The summed E-state index contributed by atoms with van der Waals surface area (Å²) in [4.78, 5) is 13.2. The molecule has 0 radical (unpaired) electrons. The molecule has 3 aromatic rings. The van der Waals surface area contributed by atoms with E-state index in [-0.39, 0.29) is 22.4 Å². The van der Waals surface area contributed by atoms with Crippen molar-refractivity contribution in [2.45, 2.75) is 4.90 Å². The minimum Gasteiger partial charge on any atom is -0.402 e. The van der Waals surface area contributed by atoms with E-state index in [1.54, 1.807) is 12.1 Å². The first-order valence-corrected chi connectivity index (χ1v) is 11.2. The van der Waals surface area contributed by atoms with Crippen molar-refractivity contribution in [1.82, 2.24) is 14.5 Å². The average Bonchev–Trinajstić information content (AvgIpc) is 3.37. The molecule has 29 heavy (non-hydrogen) atoms. The lowest BCUT2D eigenvalue weighted by Crippen LogP contribution is -2.40. The summed E-state index contributed by atoms with van der Waals surface area (Å²) in [5.74, 6) is -0.260. The van der Waals surface area contributed by atoms with Gasteiger partial charge in [0.15, 0.2) is 0 Å². The number of aromatic nitrogens is 2. The van der Waals surface area contributed by atoms with E-state index in [1.807, 2.05) is 0 Å². The van der Waals surface area contributed by atoms with Crippen LogP contribution >= 0.6 is 22.9 Å². The maximum atomic E-state index is 12.6. The number of carbonyl (C=O) groups excluding carboxylic acids is 1. The molecule has 1 aromatic carbocycles. The van der Waals surface area contributed by atoms with Crippen molar-refractivity contribution in [1.29, 1.82) is 0 Å². The highest BCUT2D eigenvalue weighted by Crippen LogP contribution is 2.30. The molecule has 1 N–H and O–H groups in total. The maximum absolute atomic E-state index is 12.6. The number of hydrogen-bond acceptors (Lipinski definition) is 8. The van der Waals surface area contributed by atoms with E-state index >= 15 is 0 Å². The number of morpholine rings is 1. The molecule has 1 aliphatic rings. The van der Waals surface area contributed by atoms with Gasteiger partial charge in [-0.25, -0.2) is 8.42 Å². The summed E-state index contributed by atoms with van der Waals surface area (Å²) in [6.45, 7) is 1.34. The number of rotatable bonds is 5. The molecule has 9 nitrogen and oxygen atoms in total. The van der Waals surface area contributed by atoms with Crippen LogP contribution in [0.3, 0.4) is 0 Å². The zero-order chi connectivity index (χ0) is 20.4. The number of carbonyl (C=O) groups is 1. The lowest BCUT2D eigenvalue weighted by Gasteiger charge is -2.26. The monoisotopic (exact) mass is 454 g/mol. The molecule has 0 aliphatic carbocycles. The first-order chi connectivity index (χ1) is 13.9. The molecule has 1 saturated heterocycles. The fourth-order valence-corrected chi connectivity index (χ4v) is 5.06. The number of hydrogen-bond donors (Lipinski definition) is 1. The number of nitrogens with zero attached hydrogens (tertiary/aromatic N) is 3. The van der Waals surface area contributed by atoms with E-state index in [2.05, 4.69) is 15.5 Å². The third kappa shape index (κ3) is 4.33. The van der Waals surface area contributed by atoms with E-state index in [4.69, 9.17) is 20.8 Å². The number of amides is 1. The maximum Gasteiger partial charge on any atom is 0.322 e. The quantitative estimate of drug-likeness (QED) is 0.630.